The predicted molar refractivity (Wildman–Crippen MR) is 140 cm³/mol. The number of anilines is 1. The Hall–Kier alpha value is -4.58. The second-order valence-electron chi connectivity index (χ2n) is 9.08. The number of ether oxygens (including phenoxy) is 2. The lowest BCUT2D eigenvalue weighted by atomic mass is 10.2. The minimum atomic E-state index is -0.147. The highest BCUT2D eigenvalue weighted by molar-refractivity contribution is 5.93. The van der Waals surface area contributed by atoms with Crippen LogP contribution in [0, 0.1) is 18.3 Å². The quantitative estimate of drug-likeness (QED) is 0.382. The van der Waals surface area contributed by atoms with Gasteiger partial charge in [0.25, 0.3) is 0 Å². The lowest BCUT2D eigenvalue weighted by molar-refractivity contribution is -0.129. The molecule has 0 spiro atoms. The first-order valence-corrected chi connectivity index (χ1v) is 12.2. The molecule has 1 saturated heterocycles. The van der Waals surface area contributed by atoms with E-state index in [0.717, 1.165) is 34.4 Å². The predicted octanol–water partition coefficient (Wildman–Crippen LogP) is 4.52. The molecule has 9 heteroatoms. The maximum absolute atomic E-state index is 12.2. The first-order chi connectivity index (χ1) is 18.0. The van der Waals surface area contributed by atoms with E-state index < -0.39 is 0 Å². The molecule has 188 valence electrons. The first kappa shape index (κ1) is 24.1. The summed E-state index contributed by atoms with van der Waals surface area (Å²) in [5.41, 5.74) is 2.90. The third kappa shape index (κ3) is 5.33. The Labute approximate surface area is 215 Å². The molecule has 9 nitrogen and oxygen atoms in total. The molecule has 0 unspecified atom stereocenters. The van der Waals surface area contributed by atoms with Crippen molar-refractivity contribution < 1.29 is 14.3 Å². The third-order valence-electron chi connectivity index (χ3n) is 6.45. The maximum atomic E-state index is 12.2. The summed E-state index contributed by atoms with van der Waals surface area (Å²) in [5.74, 6) is 2.67. The van der Waals surface area contributed by atoms with Crippen molar-refractivity contribution in [3.05, 3.63) is 71.9 Å². The van der Waals surface area contributed by atoms with Gasteiger partial charge in [-0.25, -0.2) is 9.67 Å². The molecule has 4 aromatic rings. The number of carbonyl (C=O) groups is 1. The fraction of sp³-hybridized carbons (Fsp3) is 0.286. The molecule has 3 heterocycles. The van der Waals surface area contributed by atoms with Crippen molar-refractivity contribution in [2.24, 2.45) is 0 Å². The number of nitrogens with one attached hydrogen (secondary N) is 1. The van der Waals surface area contributed by atoms with Gasteiger partial charge in [0.1, 0.15) is 29.1 Å². The van der Waals surface area contributed by atoms with Crippen molar-refractivity contribution in [3.63, 3.8) is 0 Å². The molecule has 1 aliphatic heterocycles. The Bertz CT molecular complexity index is 1440. The van der Waals surface area contributed by atoms with Gasteiger partial charge in [-0.15, -0.1) is 0 Å². The number of amides is 1. The van der Waals surface area contributed by atoms with Gasteiger partial charge in [-0.1, -0.05) is 29.8 Å². The van der Waals surface area contributed by atoms with Gasteiger partial charge < -0.3 is 19.7 Å². The zero-order valence-corrected chi connectivity index (χ0v) is 20.8. The fourth-order valence-electron chi connectivity index (χ4n) is 4.48. The van der Waals surface area contributed by atoms with Gasteiger partial charge in [-0.3, -0.25) is 4.79 Å². The zero-order chi connectivity index (χ0) is 25.8. The summed E-state index contributed by atoms with van der Waals surface area (Å²) < 4.78 is 13.4. The molecule has 2 aromatic heterocycles. The minimum Gasteiger partial charge on any atom is -0.497 e. The lowest BCUT2D eigenvalue weighted by Crippen LogP contribution is -2.31. The summed E-state index contributed by atoms with van der Waals surface area (Å²) in [7, 11) is 1.64. The minimum absolute atomic E-state index is 0.00242. The number of rotatable bonds is 8. The SMILES string of the molecule is COc1ccc(Cn2nc(N[C@@H]3CCN(C(=O)CC#N)C3)c3c(Oc4ccc(C)cc4)ccnc32)cc1. The van der Waals surface area contributed by atoms with E-state index in [0.29, 0.717) is 36.8 Å². The summed E-state index contributed by atoms with van der Waals surface area (Å²) in [6.07, 6.45) is 2.38. The molecule has 0 aliphatic carbocycles. The number of benzene rings is 2. The number of carbonyl (C=O) groups excluding carboxylic acids is 1. The van der Waals surface area contributed by atoms with Crippen LogP contribution >= 0.6 is 0 Å². The fourth-order valence-corrected chi connectivity index (χ4v) is 4.48. The van der Waals surface area contributed by atoms with Gasteiger partial charge >= 0.3 is 0 Å². The van der Waals surface area contributed by atoms with Crippen LogP contribution in [0.2, 0.25) is 0 Å². The summed E-state index contributed by atoms with van der Waals surface area (Å²) in [5, 5.41) is 18.1. The van der Waals surface area contributed by atoms with Crippen molar-refractivity contribution in [2.45, 2.75) is 32.4 Å². The Balaban J connectivity index is 1.48. The van der Waals surface area contributed by atoms with E-state index in [2.05, 4.69) is 10.3 Å². The average molecular weight is 497 g/mol. The number of nitrogens with zero attached hydrogens (tertiary/aromatic N) is 5. The van der Waals surface area contributed by atoms with Crippen LogP contribution in [0.5, 0.6) is 17.2 Å². The van der Waals surface area contributed by atoms with Gasteiger partial charge in [0.05, 0.1) is 19.7 Å². The van der Waals surface area contributed by atoms with E-state index in [4.69, 9.17) is 19.8 Å². The van der Waals surface area contributed by atoms with Gasteiger partial charge in [0.2, 0.25) is 5.91 Å². The van der Waals surface area contributed by atoms with Crippen molar-refractivity contribution >= 4 is 22.8 Å². The number of hydrogen-bond acceptors (Lipinski definition) is 7. The zero-order valence-electron chi connectivity index (χ0n) is 20.8. The van der Waals surface area contributed by atoms with Gasteiger partial charge in [0, 0.05) is 31.4 Å². The number of nitriles is 1. The van der Waals surface area contributed by atoms with Gasteiger partial charge in [0.15, 0.2) is 11.5 Å². The van der Waals surface area contributed by atoms with Crippen LogP contribution < -0.4 is 14.8 Å². The summed E-state index contributed by atoms with van der Waals surface area (Å²) in [6.45, 7) is 3.67. The molecule has 1 atom stereocenters. The van der Waals surface area contributed by atoms with Crippen LogP contribution in [0.3, 0.4) is 0 Å². The van der Waals surface area contributed by atoms with E-state index in [1.54, 1.807) is 18.2 Å². The monoisotopic (exact) mass is 496 g/mol. The van der Waals surface area contributed by atoms with Crippen LogP contribution in [0.1, 0.15) is 24.0 Å². The van der Waals surface area contributed by atoms with Crippen LogP contribution in [0.4, 0.5) is 5.82 Å². The Kier molecular flexibility index (Phi) is 6.90. The van der Waals surface area contributed by atoms with E-state index in [1.165, 1.54) is 0 Å². The molecule has 1 fully saturated rings. The van der Waals surface area contributed by atoms with Crippen LogP contribution in [0.25, 0.3) is 11.0 Å². The van der Waals surface area contributed by atoms with E-state index in [1.807, 2.05) is 72.3 Å². The lowest BCUT2D eigenvalue weighted by Gasteiger charge is -2.16. The number of methoxy groups -OCH3 is 1. The number of hydrogen-bond donors (Lipinski definition) is 1. The highest BCUT2D eigenvalue weighted by atomic mass is 16.5. The highest BCUT2D eigenvalue weighted by Gasteiger charge is 2.28. The van der Waals surface area contributed by atoms with Crippen LogP contribution in [-0.4, -0.2) is 51.8 Å². The normalized spacial score (nSPS) is 14.9. The van der Waals surface area contributed by atoms with Gasteiger partial charge in [-0.2, -0.15) is 10.4 Å². The summed E-state index contributed by atoms with van der Waals surface area (Å²) in [6, 6.07) is 19.5. The molecule has 1 N–H and O–H groups in total. The molecule has 5 rings (SSSR count). The van der Waals surface area contributed by atoms with E-state index in [-0.39, 0.29) is 18.4 Å². The van der Waals surface area contributed by atoms with Crippen molar-refractivity contribution in [3.8, 4) is 23.3 Å². The third-order valence-corrected chi connectivity index (χ3v) is 6.45. The smallest absolute Gasteiger partial charge is 0.236 e. The molecule has 37 heavy (non-hydrogen) atoms. The number of aromatic nitrogens is 3. The Morgan fingerprint density at radius 1 is 1.14 bits per heavy atom. The van der Waals surface area contributed by atoms with Crippen molar-refractivity contribution in [1.82, 2.24) is 19.7 Å². The maximum Gasteiger partial charge on any atom is 0.236 e. The molecule has 0 bridgehead atoms. The molecular formula is C28H28N6O3. The first-order valence-electron chi connectivity index (χ1n) is 12.2. The largest absolute Gasteiger partial charge is 0.497 e. The number of aryl methyl sites for hydroxylation is 1. The van der Waals surface area contributed by atoms with Gasteiger partial charge in [-0.05, 0) is 43.2 Å². The van der Waals surface area contributed by atoms with Crippen molar-refractivity contribution in [1.29, 1.82) is 5.26 Å². The van der Waals surface area contributed by atoms with E-state index >= 15 is 0 Å². The second-order valence-corrected chi connectivity index (χ2v) is 9.08. The average Bonchev–Trinajstić information content (AvgIpc) is 3.52. The number of likely N-dealkylation sites (tertiary alicyclic amines) is 1. The molecule has 0 saturated carbocycles. The summed E-state index contributed by atoms with van der Waals surface area (Å²) >= 11 is 0. The summed E-state index contributed by atoms with van der Waals surface area (Å²) in [4.78, 5) is 18.6. The van der Waals surface area contributed by atoms with Crippen molar-refractivity contribution in [2.75, 3.05) is 25.5 Å². The second kappa shape index (κ2) is 10.6. The molecule has 1 aliphatic rings. The Morgan fingerprint density at radius 3 is 2.62 bits per heavy atom. The molecular weight excluding hydrogens is 468 g/mol. The molecule has 2 aromatic carbocycles. The highest BCUT2D eigenvalue weighted by Crippen LogP contribution is 2.35. The standard InChI is InChI=1S/C28H28N6O3/c1-19-3-7-23(8-4-19)37-24-12-15-30-28-26(24)27(31-21-13-16-33(18-21)25(35)11-14-29)32-34(28)17-20-5-9-22(36-2)10-6-20/h3-10,12,15,21H,11,13,16-18H2,1-2H3,(H,31,32)/t21-/m1/s1. The van der Waals surface area contributed by atoms with Crippen LogP contribution in [-0.2, 0) is 11.3 Å². The Morgan fingerprint density at radius 2 is 1.89 bits per heavy atom. The molecule has 1 amide bonds. The molecule has 0 radical (unpaired) electrons. The van der Waals surface area contributed by atoms with E-state index in [9.17, 15) is 4.79 Å². The van der Waals surface area contributed by atoms with Crippen LogP contribution in [0.15, 0.2) is 60.8 Å². The number of pyridine rings is 1. The topological polar surface area (TPSA) is 105 Å². The number of fused-ring (bicyclic) bond motifs is 1.